The topological polar surface area (TPSA) is 94.8 Å². The normalized spacial score (nSPS) is 14.6. The molecular formula is C7H16O5S. The molecule has 0 aromatic carbocycles. The Morgan fingerprint density at radius 2 is 1.62 bits per heavy atom. The van der Waals surface area contributed by atoms with Gasteiger partial charge in [0.15, 0.2) is 0 Å². The van der Waals surface area contributed by atoms with E-state index in [0.29, 0.717) is 6.42 Å². The third kappa shape index (κ3) is 3.60. The fourth-order valence-corrected chi connectivity index (χ4v) is 1.41. The van der Waals surface area contributed by atoms with Gasteiger partial charge in [-0.25, -0.2) is 0 Å². The number of hydrogen-bond acceptors (Lipinski definition) is 4. The predicted molar refractivity (Wildman–Crippen MR) is 47.4 cm³/mol. The van der Waals surface area contributed by atoms with Gasteiger partial charge >= 0.3 is 10.1 Å². The summed E-state index contributed by atoms with van der Waals surface area (Å²) in [6, 6.07) is 0. The maximum absolute atomic E-state index is 10.5. The van der Waals surface area contributed by atoms with Gasteiger partial charge in [-0.15, -0.1) is 0 Å². The first-order chi connectivity index (χ1) is 5.52. The van der Waals surface area contributed by atoms with Crippen LogP contribution in [0.5, 0.6) is 0 Å². The molecule has 0 spiro atoms. The molecule has 0 atom stereocenters. The lowest BCUT2D eigenvalue weighted by Gasteiger charge is -2.29. The summed E-state index contributed by atoms with van der Waals surface area (Å²) in [6.45, 7) is 5.15. The Hall–Kier alpha value is -0.170. The Kier molecular flexibility index (Phi) is 3.48. The van der Waals surface area contributed by atoms with Gasteiger partial charge in [-0.2, -0.15) is 8.42 Å². The van der Waals surface area contributed by atoms with Crippen LogP contribution in [-0.2, 0) is 10.1 Å². The molecule has 3 N–H and O–H groups in total. The van der Waals surface area contributed by atoms with E-state index in [1.54, 1.807) is 20.8 Å². The molecule has 0 aliphatic rings. The summed E-state index contributed by atoms with van der Waals surface area (Å²) in [6.07, 6.45) is 0.153. The van der Waals surface area contributed by atoms with Gasteiger partial charge in [0.25, 0.3) is 5.12 Å². The quantitative estimate of drug-likeness (QED) is 0.461. The molecule has 80 valence electrons. The minimum Gasteiger partial charge on any atom is -0.352 e. The second kappa shape index (κ2) is 3.53. The first kappa shape index (κ1) is 12.8. The van der Waals surface area contributed by atoms with Gasteiger partial charge in [0.2, 0.25) is 0 Å². The van der Waals surface area contributed by atoms with E-state index in [1.807, 2.05) is 0 Å². The second-order valence-electron chi connectivity index (χ2n) is 3.91. The van der Waals surface area contributed by atoms with Crippen LogP contribution in [0.25, 0.3) is 0 Å². The lowest BCUT2D eigenvalue weighted by Crippen LogP contribution is -2.41. The predicted octanol–water partition coefficient (Wildman–Crippen LogP) is 0.339. The van der Waals surface area contributed by atoms with Crippen molar-refractivity contribution in [2.75, 3.05) is 0 Å². The molecule has 0 aliphatic heterocycles. The smallest absolute Gasteiger partial charge is 0.321 e. The van der Waals surface area contributed by atoms with E-state index in [0.717, 1.165) is 0 Å². The van der Waals surface area contributed by atoms with Crippen molar-refractivity contribution >= 4 is 10.1 Å². The van der Waals surface area contributed by atoms with E-state index in [4.69, 9.17) is 14.8 Å². The molecule has 5 nitrogen and oxygen atoms in total. The Balaban J connectivity index is 4.72. The van der Waals surface area contributed by atoms with Crippen molar-refractivity contribution in [2.45, 2.75) is 38.7 Å². The molecule has 0 heterocycles. The molecule has 0 amide bonds. The molecule has 0 saturated heterocycles. The number of rotatable bonds is 4. The highest BCUT2D eigenvalue weighted by molar-refractivity contribution is 7.86. The van der Waals surface area contributed by atoms with Crippen molar-refractivity contribution in [1.82, 2.24) is 0 Å². The molecule has 0 aliphatic carbocycles. The summed E-state index contributed by atoms with van der Waals surface area (Å²) in [5.74, 6) is 0. The molecule has 0 bridgehead atoms. The molecule has 0 unspecified atom stereocenters. The Bertz CT molecular complexity index is 265. The van der Waals surface area contributed by atoms with E-state index >= 15 is 0 Å². The van der Waals surface area contributed by atoms with E-state index in [1.165, 1.54) is 0 Å². The summed E-state index contributed by atoms with van der Waals surface area (Å²) < 4.78 is 29.5. The highest BCUT2D eigenvalue weighted by Gasteiger charge is 2.42. The summed E-state index contributed by atoms with van der Waals surface area (Å²) in [7, 11) is -4.83. The standard InChI is InChI=1S/C7H16O5S/c1-4-6(2,3)5-7(8,9)13(10,11)12/h8-9H,4-5H2,1-3H3,(H,10,11,12). The molecule has 13 heavy (non-hydrogen) atoms. The van der Waals surface area contributed by atoms with Crippen LogP contribution in [0, 0.1) is 5.41 Å². The van der Waals surface area contributed by atoms with E-state index in [2.05, 4.69) is 0 Å². The van der Waals surface area contributed by atoms with Crippen LogP contribution in [0.4, 0.5) is 0 Å². The lowest BCUT2D eigenvalue weighted by molar-refractivity contribution is -0.116. The molecule has 0 fully saturated rings. The van der Waals surface area contributed by atoms with Crippen LogP contribution in [0.1, 0.15) is 33.6 Å². The van der Waals surface area contributed by atoms with E-state index in [9.17, 15) is 8.42 Å². The third-order valence-electron chi connectivity index (χ3n) is 2.08. The molecular weight excluding hydrogens is 196 g/mol. The minimum absolute atomic E-state index is 0.421. The van der Waals surface area contributed by atoms with Crippen LogP contribution in [0.15, 0.2) is 0 Å². The van der Waals surface area contributed by atoms with E-state index < -0.39 is 27.1 Å². The van der Waals surface area contributed by atoms with Gasteiger partial charge in [-0.3, -0.25) is 4.55 Å². The van der Waals surface area contributed by atoms with Gasteiger partial charge in [0.05, 0.1) is 0 Å². The summed E-state index contributed by atoms with van der Waals surface area (Å²) >= 11 is 0. The zero-order valence-electron chi connectivity index (χ0n) is 7.98. The fourth-order valence-electron chi connectivity index (χ4n) is 0.840. The molecule has 0 rings (SSSR count). The Morgan fingerprint density at radius 1 is 1.23 bits per heavy atom. The van der Waals surface area contributed by atoms with Crippen molar-refractivity contribution in [2.24, 2.45) is 5.41 Å². The maximum atomic E-state index is 10.5. The van der Waals surface area contributed by atoms with Gasteiger partial charge in [0.1, 0.15) is 0 Å². The average molecular weight is 212 g/mol. The van der Waals surface area contributed by atoms with Crippen LogP contribution < -0.4 is 0 Å². The van der Waals surface area contributed by atoms with Crippen molar-refractivity contribution < 1.29 is 23.2 Å². The largest absolute Gasteiger partial charge is 0.352 e. The molecule has 6 heteroatoms. The summed E-state index contributed by atoms with van der Waals surface area (Å²) in [4.78, 5) is 0. The van der Waals surface area contributed by atoms with Crippen molar-refractivity contribution in [3.05, 3.63) is 0 Å². The van der Waals surface area contributed by atoms with Crippen LogP contribution in [0.2, 0.25) is 0 Å². The number of aliphatic hydroxyl groups is 2. The maximum Gasteiger partial charge on any atom is 0.321 e. The van der Waals surface area contributed by atoms with Crippen LogP contribution in [0.3, 0.4) is 0 Å². The van der Waals surface area contributed by atoms with Crippen molar-refractivity contribution in [3.63, 3.8) is 0 Å². The minimum atomic E-state index is -4.83. The van der Waals surface area contributed by atoms with Gasteiger partial charge < -0.3 is 10.2 Å². The highest BCUT2D eigenvalue weighted by Crippen LogP contribution is 2.32. The second-order valence-corrected chi connectivity index (χ2v) is 5.52. The van der Waals surface area contributed by atoms with Crippen LogP contribution >= 0.6 is 0 Å². The molecule has 0 aromatic rings. The van der Waals surface area contributed by atoms with Gasteiger partial charge in [0, 0.05) is 6.42 Å². The first-order valence-corrected chi connectivity index (χ1v) is 5.38. The summed E-state index contributed by atoms with van der Waals surface area (Å²) in [5.41, 5.74) is -0.556. The van der Waals surface area contributed by atoms with Crippen molar-refractivity contribution in [1.29, 1.82) is 0 Å². The average Bonchev–Trinajstić information content (AvgIpc) is 1.83. The zero-order valence-corrected chi connectivity index (χ0v) is 8.80. The monoisotopic (exact) mass is 212 g/mol. The van der Waals surface area contributed by atoms with E-state index in [-0.39, 0.29) is 0 Å². The van der Waals surface area contributed by atoms with Gasteiger partial charge in [-0.1, -0.05) is 27.2 Å². The van der Waals surface area contributed by atoms with Crippen molar-refractivity contribution in [3.8, 4) is 0 Å². The number of hydrogen-bond donors (Lipinski definition) is 3. The first-order valence-electron chi connectivity index (χ1n) is 3.94. The molecule has 0 saturated carbocycles. The van der Waals surface area contributed by atoms with Gasteiger partial charge in [-0.05, 0) is 5.41 Å². The highest BCUT2D eigenvalue weighted by atomic mass is 32.2. The Morgan fingerprint density at radius 3 is 1.85 bits per heavy atom. The lowest BCUT2D eigenvalue weighted by atomic mass is 9.86. The SMILES string of the molecule is CCC(C)(C)CC(O)(O)S(=O)(=O)O. The van der Waals surface area contributed by atoms with Crippen LogP contribution in [-0.4, -0.2) is 28.3 Å². The third-order valence-corrected chi connectivity index (χ3v) is 3.05. The fraction of sp³-hybridized carbons (Fsp3) is 1.00. The summed E-state index contributed by atoms with van der Waals surface area (Å²) in [5, 5.41) is 15.0. The Labute approximate surface area is 78.1 Å². The molecule has 0 aromatic heterocycles. The molecule has 0 radical (unpaired) electrons. The zero-order chi connectivity index (χ0) is 10.9.